The molecule has 0 aromatic carbocycles. The van der Waals surface area contributed by atoms with E-state index < -0.39 is 0 Å². The Morgan fingerprint density at radius 3 is 2.86 bits per heavy atom. The summed E-state index contributed by atoms with van der Waals surface area (Å²) in [6.45, 7) is 5.85. The van der Waals surface area contributed by atoms with Crippen LogP contribution in [0.5, 0.6) is 0 Å². The van der Waals surface area contributed by atoms with E-state index in [4.69, 9.17) is 4.74 Å². The molecule has 8 nitrogen and oxygen atoms in total. The lowest BCUT2D eigenvalue weighted by Crippen LogP contribution is -2.51. The van der Waals surface area contributed by atoms with Gasteiger partial charge >= 0.3 is 0 Å². The zero-order valence-electron chi connectivity index (χ0n) is 17.8. The highest BCUT2D eigenvalue weighted by Crippen LogP contribution is 2.22. The van der Waals surface area contributed by atoms with Crippen LogP contribution in [0.25, 0.3) is 0 Å². The van der Waals surface area contributed by atoms with Gasteiger partial charge in [0, 0.05) is 25.7 Å². The predicted molar refractivity (Wildman–Crippen MR) is 110 cm³/mol. The molecule has 0 bridgehead atoms. The molecule has 2 N–H and O–H groups in total. The molecule has 0 saturated carbocycles. The quantitative estimate of drug-likeness (QED) is 0.611. The number of hydrogen-bond acceptors (Lipinski definition) is 6. The highest BCUT2D eigenvalue weighted by Gasteiger charge is 2.31. The number of aromatic nitrogens is 3. The lowest BCUT2D eigenvalue weighted by atomic mass is 9.97. The van der Waals surface area contributed by atoms with Crippen molar-refractivity contribution in [1.29, 1.82) is 0 Å². The van der Waals surface area contributed by atoms with E-state index >= 15 is 0 Å². The SMILES string of the molecule is CCCc1cn(CC[C@@H]2CC[C@@H](NC(=O)CCN3CCCCC3)[C@H](CO)O2)nn1. The maximum atomic E-state index is 12.4. The minimum Gasteiger partial charge on any atom is -0.394 e. The van der Waals surface area contributed by atoms with Crippen molar-refractivity contribution in [3.05, 3.63) is 11.9 Å². The number of rotatable bonds is 10. The minimum atomic E-state index is -0.334. The lowest BCUT2D eigenvalue weighted by Gasteiger charge is -2.36. The fourth-order valence-corrected chi connectivity index (χ4v) is 4.33. The first-order chi connectivity index (χ1) is 14.2. The number of carbonyl (C=O) groups is 1. The van der Waals surface area contributed by atoms with Crippen molar-refractivity contribution in [1.82, 2.24) is 25.2 Å². The highest BCUT2D eigenvalue weighted by molar-refractivity contribution is 5.76. The summed E-state index contributed by atoms with van der Waals surface area (Å²) >= 11 is 0. The topological polar surface area (TPSA) is 92.5 Å². The summed E-state index contributed by atoms with van der Waals surface area (Å²) in [6, 6.07) is -0.104. The summed E-state index contributed by atoms with van der Waals surface area (Å²) < 4.78 is 7.95. The van der Waals surface area contributed by atoms with Gasteiger partial charge in [0.05, 0.1) is 24.4 Å². The average molecular weight is 408 g/mol. The number of piperidine rings is 1. The van der Waals surface area contributed by atoms with E-state index in [9.17, 15) is 9.90 Å². The lowest BCUT2D eigenvalue weighted by molar-refractivity contribution is -0.129. The molecule has 2 aliphatic rings. The molecule has 0 aliphatic carbocycles. The van der Waals surface area contributed by atoms with Gasteiger partial charge in [-0.05, 0) is 51.6 Å². The summed E-state index contributed by atoms with van der Waals surface area (Å²) in [7, 11) is 0. The number of nitrogens with zero attached hydrogens (tertiary/aromatic N) is 4. The van der Waals surface area contributed by atoms with E-state index in [1.807, 2.05) is 10.9 Å². The number of ether oxygens (including phenoxy) is 1. The second kappa shape index (κ2) is 11.6. The van der Waals surface area contributed by atoms with Gasteiger partial charge in [0.25, 0.3) is 0 Å². The smallest absolute Gasteiger partial charge is 0.221 e. The first-order valence-electron chi connectivity index (χ1n) is 11.3. The molecule has 1 aromatic heterocycles. The first kappa shape index (κ1) is 22.2. The Morgan fingerprint density at radius 2 is 2.10 bits per heavy atom. The maximum Gasteiger partial charge on any atom is 0.221 e. The molecule has 0 radical (unpaired) electrons. The second-order valence-electron chi connectivity index (χ2n) is 8.39. The van der Waals surface area contributed by atoms with Gasteiger partial charge in [0.15, 0.2) is 0 Å². The van der Waals surface area contributed by atoms with Crippen LogP contribution >= 0.6 is 0 Å². The number of aryl methyl sites for hydroxylation is 2. The van der Waals surface area contributed by atoms with Gasteiger partial charge in [-0.1, -0.05) is 25.0 Å². The van der Waals surface area contributed by atoms with E-state index in [2.05, 4.69) is 27.5 Å². The predicted octanol–water partition coefficient (Wildman–Crippen LogP) is 1.52. The van der Waals surface area contributed by atoms with Gasteiger partial charge in [-0.3, -0.25) is 9.48 Å². The molecule has 29 heavy (non-hydrogen) atoms. The van der Waals surface area contributed by atoms with Crippen LogP contribution in [0.4, 0.5) is 0 Å². The van der Waals surface area contributed by atoms with Crippen molar-refractivity contribution >= 4 is 5.91 Å². The minimum absolute atomic E-state index is 0.0622. The third-order valence-corrected chi connectivity index (χ3v) is 6.02. The third kappa shape index (κ3) is 7.04. The maximum absolute atomic E-state index is 12.4. The van der Waals surface area contributed by atoms with Crippen molar-refractivity contribution in [3.63, 3.8) is 0 Å². The fourth-order valence-electron chi connectivity index (χ4n) is 4.33. The summed E-state index contributed by atoms with van der Waals surface area (Å²) in [5.74, 6) is 0.0622. The van der Waals surface area contributed by atoms with E-state index in [-0.39, 0.29) is 30.8 Å². The van der Waals surface area contributed by atoms with Gasteiger partial charge < -0.3 is 20.1 Å². The zero-order valence-corrected chi connectivity index (χ0v) is 17.8. The number of carbonyl (C=O) groups excluding carboxylic acids is 1. The van der Waals surface area contributed by atoms with Crippen LogP contribution in [0.2, 0.25) is 0 Å². The number of amides is 1. The van der Waals surface area contributed by atoms with Gasteiger partial charge in [0.1, 0.15) is 6.10 Å². The molecule has 2 aliphatic heterocycles. The molecule has 3 heterocycles. The van der Waals surface area contributed by atoms with E-state index in [0.29, 0.717) is 6.42 Å². The summed E-state index contributed by atoms with van der Waals surface area (Å²) in [6.07, 6.45) is 10.6. The Bertz CT molecular complexity index is 617. The van der Waals surface area contributed by atoms with E-state index in [1.54, 1.807) is 0 Å². The van der Waals surface area contributed by atoms with Crippen molar-refractivity contribution in [3.8, 4) is 0 Å². The van der Waals surface area contributed by atoms with Crippen LogP contribution in [-0.4, -0.2) is 75.4 Å². The standard InChI is InChI=1S/C21H37N5O3/c1-2-6-17-15-26(24-23-17)14-9-18-7-8-19(20(16-27)29-18)22-21(28)10-13-25-11-4-3-5-12-25/h15,18-20,27H,2-14,16H2,1H3,(H,22,28)/t18-,19+,20-/m0/s1. The summed E-state index contributed by atoms with van der Waals surface area (Å²) in [5, 5.41) is 21.2. The highest BCUT2D eigenvalue weighted by atomic mass is 16.5. The Kier molecular flexibility index (Phi) is 8.89. The molecule has 0 unspecified atom stereocenters. The molecular weight excluding hydrogens is 370 g/mol. The third-order valence-electron chi connectivity index (χ3n) is 6.02. The number of aliphatic hydroxyl groups is 1. The van der Waals surface area contributed by atoms with Gasteiger partial charge in [-0.15, -0.1) is 5.10 Å². The average Bonchev–Trinajstić information content (AvgIpc) is 3.20. The van der Waals surface area contributed by atoms with Gasteiger partial charge in [-0.2, -0.15) is 0 Å². The molecule has 1 aromatic rings. The monoisotopic (exact) mass is 407 g/mol. The number of nitrogens with one attached hydrogen (secondary N) is 1. The molecule has 8 heteroatoms. The molecule has 164 valence electrons. The van der Waals surface area contributed by atoms with Crippen LogP contribution in [-0.2, 0) is 22.5 Å². The number of hydrogen-bond donors (Lipinski definition) is 2. The molecular formula is C21H37N5O3. The number of aliphatic hydroxyl groups excluding tert-OH is 1. The van der Waals surface area contributed by atoms with E-state index in [1.165, 1.54) is 19.3 Å². The summed E-state index contributed by atoms with van der Waals surface area (Å²) in [4.78, 5) is 14.7. The Hall–Kier alpha value is -1.51. The van der Waals surface area contributed by atoms with Crippen LogP contribution in [0.1, 0.15) is 64.0 Å². The largest absolute Gasteiger partial charge is 0.394 e. The zero-order chi connectivity index (χ0) is 20.5. The molecule has 1 amide bonds. The van der Waals surface area contributed by atoms with Crippen molar-refractivity contribution in [2.24, 2.45) is 0 Å². The van der Waals surface area contributed by atoms with E-state index in [0.717, 1.165) is 64.0 Å². The molecule has 3 rings (SSSR count). The molecule has 0 spiro atoms. The second-order valence-corrected chi connectivity index (χ2v) is 8.39. The fraction of sp³-hybridized carbons (Fsp3) is 0.857. The van der Waals surface area contributed by atoms with Crippen LogP contribution < -0.4 is 5.32 Å². The Morgan fingerprint density at radius 1 is 1.28 bits per heavy atom. The van der Waals surface area contributed by atoms with Crippen molar-refractivity contribution in [2.45, 2.75) is 89.5 Å². The first-order valence-corrected chi connectivity index (χ1v) is 11.3. The van der Waals surface area contributed by atoms with Crippen LogP contribution in [0.15, 0.2) is 6.20 Å². The molecule has 3 atom stereocenters. The van der Waals surface area contributed by atoms with Crippen LogP contribution in [0.3, 0.4) is 0 Å². The molecule has 2 saturated heterocycles. The van der Waals surface area contributed by atoms with Crippen molar-refractivity contribution in [2.75, 3.05) is 26.2 Å². The van der Waals surface area contributed by atoms with Crippen molar-refractivity contribution < 1.29 is 14.6 Å². The molecule has 2 fully saturated rings. The number of likely N-dealkylation sites (tertiary alicyclic amines) is 1. The Labute approximate surface area is 174 Å². The summed E-state index contributed by atoms with van der Waals surface area (Å²) in [5.41, 5.74) is 1.03. The van der Waals surface area contributed by atoms with Gasteiger partial charge in [0.2, 0.25) is 5.91 Å². The Balaban J connectivity index is 1.38. The van der Waals surface area contributed by atoms with Gasteiger partial charge in [-0.25, -0.2) is 0 Å². The van der Waals surface area contributed by atoms with Crippen LogP contribution in [0, 0.1) is 0 Å². The normalized spacial score (nSPS) is 25.8.